The van der Waals surface area contributed by atoms with E-state index in [-0.39, 0.29) is 15.0 Å². The van der Waals surface area contributed by atoms with Crippen LogP contribution in [0, 0.1) is 5.92 Å². The molecule has 1 fully saturated rings. The molecule has 2 atom stereocenters. The van der Waals surface area contributed by atoms with Crippen molar-refractivity contribution >= 4 is 31.7 Å². The van der Waals surface area contributed by atoms with Crippen molar-refractivity contribution in [3.05, 3.63) is 18.2 Å². The van der Waals surface area contributed by atoms with Gasteiger partial charge < -0.3 is 0 Å². The Morgan fingerprint density at radius 3 is 3.12 bits per heavy atom. The van der Waals surface area contributed by atoms with Crippen LogP contribution in [-0.2, 0) is 0 Å². The van der Waals surface area contributed by atoms with Gasteiger partial charge in [-0.2, -0.15) is 0 Å². The maximum absolute atomic E-state index is 4.51. The number of hydrogen-bond donors (Lipinski definition) is 1. The van der Waals surface area contributed by atoms with Gasteiger partial charge in [0.05, 0.1) is 0 Å². The van der Waals surface area contributed by atoms with Crippen LogP contribution in [0.1, 0.15) is 32.6 Å². The molecule has 3 rings (SSSR count). The Balaban J connectivity index is 1.79. The summed E-state index contributed by atoms with van der Waals surface area (Å²) in [6, 6.07) is 6.91. The number of benzene rings is 1. The molecule has 2 aromatic rings. The Morgan fingerprint density at radius 2 is 2.29 bits per heavy atom. The van der Waals surface area contributed by atoms with E-state index in [1.807, 2.05) is 0 Å². The van der Waals surface area contributed by atoms with Crippen LogP contribution in [-0.4, -0.2) is 29.0 Å². The second kappa shape index (κ2) is 4.79. The van der Waals surface area contributed by atoms with Crippen molar-refractivity contribution in [2.75, 3.05) is 5.32 Å². The summed E-state index contributed by atoms with van der Waals surface area (Å²) in [5.41, 5.74) is 3.35. The molecule has 1 aliphatic rings. The number of hydrogen-bond acceptors (Lipinski definition) is 3. The molecular formula is C13H17N3Se. The molecule has 0 amide bonds. The Morgan fingerprint density at radius 1 is 1.35 bits per heavy atom. The Kier molecular flexibility index (Phi) is 3.17. The molecule has 1 heterocycles. The molecule has 1 saturated carbocycles. The quantitative estimate of drug-likeness (QED) is 0.884. The van der Waals surface area contributed by atoms with Crippen molar-refractivity contribution in [1.82, 2.24) is 7.96 Å². The number of aromatic nitrogens is 2. The first kappa shape index (κ1) is 11.2. The number of nitrogens with zero attached hydrogens (tertiary/aromatic N) is 2. The van der Waals surface area contributed by atoms with Gasteiger partial charge in [0, 0.05) is 0 Å². The molecule has 3 nitrogen and oxygen atoms in total. The van der Waals surface area contributed by atoms with Crippen LogP contribution < -0.4 is 5.32 Å². The van der Waals surface area contributed by atoms with Crippen LogP contribution in [0.15, 0.2) is 18.2 Å². The van der Waals surface area contributed by atoms with Gasteiger partial charge in [-0.25, -0.2) is 0 Å². The average Bonchev–Trinajstić information content (AvgIpc) is 2.97. The standard InChI is InChI=1S/C13H17N3Se/c1-2-9-6-7-10(8-9)14-11-4-3-5-12-13(11)16-17-15-12/h3-5,9-10,14H,2,6-8H2,1H3. The molecule has 0 aliphatic heterocycles. The molecule has 1 aliphatic carbocycles. The zero-order chi connectivity index (χ0) is 11.7. The summed E-state index contributed by atoms with van der Waals surface area (Å²) in [7, 11) is 0. The first-order valence-corrected chi connectivity index (χ1v) is 7.88. The summed E-state index contributed by atoms with van der Waals surface area (Å²) in [6.45, 7) is 2.30. The van der Waals surface area contributed by atoms with Crippen LogP contribution in [0.25, 0.3) is 11.0 Å². The fourth-order valence-corrected chi connectivity index (χ4v) is 3.87. The van der Waals surface area contributed by atoms with E-state index in [4.69, 9.17) is 0 Å². The predicted octanol–water partition coefficient (Wildman–Crippen LogP) is 2.68. The fourth-order valence-electron chi connectivity index (χ4n) is 2.72. The van der Waals surface area contributed by atoms with Crippen LogP contribution in [0.3, 0.4) is 0 Å². The van der Waals surface area contributed by atoms with Gasteiger partial charge in [-0.05, 0) is 0 Å². The van der Waals surface area contributed by atoms with E-state index < -0.39 is 0 Å². The van der Waals surface area contributed by atoms with Crippen LogP contribution in [0.5, 0.6) is 0 Å². The van der Waals surface area contributed by atoms with Gasteiger partial charge in [0.15, 0.2) is 0 Å². The zero-order valence-corrected chi connectivity index (χ0v) is 11.7. The first-order chi connectivity index (χ1) is 8.36. The number of anilines is 1. The van der Waals surface area contributed by atoms with E-state index in [0.29, 0.717) is 6.04 Å². The van der Waals surface area contributed by atoms with Gasteiger partial charge in [-0.1, -0.05) is 0 Å². The average molecular weight is 294 g/mol. The molecule has 1 aromatic carbocycles. The molecule has 4 heteroatoms. The number of rotatable bonds is 3. The van der Waals surface area contributed by atoms with Gasteiger partial charge in [0.1, 0.15) is 0 Å². The molecule has 1 aromatic heterocycles. The molecule has 2 unspecified atom stereocenters. The molecule has 17 heavy (non-hydrogen) atoms. The Labute approximate surface area is 108 Å². The Bertz CT molecular complexity index is 508. The molecular weight excluding hydrogens is 277 g/mol. The molecule has 90 valence electrons. The number of nitrogens with one attached hydrogen (secondary N) is 1. The summed E-state index contributed by atoms with van der Waals surface area (Å²) < 4.78 is 8.94. The predicted molar refractivity (Wildman–Crippen MR) is 71.5 cm³/mol. The number of fused-ring (bicyclic) bond motifs is 1. The van der Waals surface area contributed by atoms with E-state index in [1.165, 1.54) is 31.4 Å². The Hall–Kier alpha value is -0.861. The third-order valence-electron chi connectivity index (χ3n) is 3.76. The van der Waals surface area contributed by atoms with Gasteiger partial charge in [0.25, 0.3) is 0 Å². The van der Waals surface area contributed by atoms with Gasteiger partial charge in [-0.3, -0.25) is 0 Å². The van der Waals surface area contributed by atoms with Crippen molar-refractivity contribution in [3.63, 3.8) is 0 Å². The minimum absolute atomic E-state index is 0.0712. The van der Waals surface area contributed by atoms with Gasteiger partial charge >= 0.3 is 108 Å². The van der Waals surface area contributed by atoms with E-state index in [0.717, 1.165) is 17.0 Å². The SMILES string of the molecule is CCC1CCC(Nc2cccc3n[se]nc23)C1. The van der Waals surface area contributed by atoms with E-state index in [2.05, 4.69) is 38.4 Å². The van der Waals surface area contributed by atoms with Crippen LogP contribution in [0.4, 0.5) is 5.69 Å². The summed E-state index contributed by atoms with van der Waals surface area (Å²) >= 11 is 0.0712. The topological polar surface area (TPSA) is 37.8 Å². The third-order valence-corrected chi connectivity index (χ3v) is 4.90. The summed E-state index contributed by atoms with van der Waals surface area (Å²) in [5, 5.41) is 3.66. The van der Waals surface area contributed by atoms with Gasteiger partial charge in [-0.15, -0.1) is 0 Å². The van der Waals surface area contributed by atoms with E-state index >= 15 is 0 Å². The van der Waals surface area contributed by atoms with Crippen molar-refractivity contribution in [2.24, 2.45) is 5.92 Å². The summed E-state index contributed by atoms with van der Waals surface area (Å²) in [6.07, 6.45) is 5.29. The second-order valence-corrected chi connectivity index (χ2v) is 5.97. The van der Waals surface area contributed by atoms with Gasteiger partial charge in [0.2, 0.25) is 0 Å². The summed E-state index contributed by atoms with van der Waals surface area (Å²) in [5.74, 6) is 0.912. The van der Waals surface area contributed by atoms with Crippen molar-refractivity contribution < 1.29 is 0 Å². The first-order valence-electron chi connectivity index (χ1n) is 6.34. The fraction of sp³-hybridized carbons (Fsp3) is 0.538. The zero-order valence-electron chi connectivity index (χ0n) is 10.0. The van der Waals surface area contributed by atoms with E-state index in [1.54, 1.807) is 0 Å². The molecule has 1 N–H and O–H groups in total. The van der Waals surface area contributed by atoms with E-state index in [9.17, 15) is 0 Å². The molecule has 0 bridgehead atoms. The monoisotopic (exact) mass is 295 g/mol. The summed E-state index contributed by atoms with van der Waals surface area (Å²) in [4.78, 5) is 0. The molecule has 0 saturated heterocycles. The third kappa shape index (κ3) is 2.24. The second-order valence-electron chi connectivity index (χ2n) is 4.87. The minimum atomic E-state index is 0.0712. The van der Waals surface area contributed by atoms with Crippen molar-refractivity contribution in [3.8, 4) is 0 Å². The van der Waals surface area contributed by atoms with Crippen LogP contribution >= 0.6 is 0 Å². The normalized spacial score (nSPS) is 24.3. The van der Waals surface area contributed by atoms with Crippen LogP contribution in [0.2, 0.25) is 0 Å². The molecule has 0 spiro atoms. The molecule has 0 radical (unpaired) electrons. The van der Waals surface area contributed by atoms with Crippen molar-refractivity contribution in [2.45, 2.75) is 38.6 Å². The van der Waals surface area contributed by atoms with Crippen molar-refractivity contribution in [1.29, 1.82) is 0 Å². The maximum atomic E-state index is 4.51.